The van der Waals surface area contributed by atoms with Gasteiger partial charge in [-0.15, -0.1) is 0 Å². The van der Waals surface area contributed by atoms with E-state index in [-0.39, 0.29) is 10.6 Å². The molecule has 0 radical (unpaired) electrons. The number of hydrogen-bond acceptors (Lipinski definition) is 6. The number of benzene rings is 1. The molecular formula is C20H26N4O4S2. The maximum Gasteiger partial charge on any atom is 0.325 e. The summed E-state index contributed by atoms with van der Waals surface area (Å²) >= 11 is 1.11. The van der Waals surface area contributed by atoms with Crippen LogP contribution in [0.5, 0.6) is 0 Å². The molecule has 1 heterocycles. The first kappa shape index (κ1) is 23.8. The van der Waals surface area contributed by atoms with Crippen molar-refractivity contribution >= 4 is 39.4 Å². The summed E-state index contributed by atoms with van der Waals surface area (Å²) in [7, 11) is -3.57. The number of sulfonamides is 1. The normalized spacial score (nSPS) is 11.4. The third kappa shape index (κ3) is 6.28. The van der Waals surface area contributed by atoms with Crippen LogP contribution in [-0.2, 0) is 14.8 Å². The summed E-state index contributed by atoms with van der Waals surface area (Å²) in [5.74, 6) is -0.516. The molecule has 2 aromatic rings. The van der Waals surface area contributed by atoms with E-state index in [2.05, 4.69) is 15.6 Å². The Balaban J connectivity index is 1.88. The van der Waals surface area contributed by atoms with Gasteiger partial charge < -0.3 is 5.32 Å². The molecule has 0 aliphatic carbocycles. The Labute approximate surface area is 181 Å². The monoisotopic (exact) mass is 450 g/mol. The number of aryl methyl sites for hydroxylation is 2. The van der Waals surface area contributed by atoms with Gasteiger partial charge in [0.2, 0.25) is 15.9 Å². The van der Waals surface area contributed by atoms with E-state index in [9.17, 15) is 18.0 Å². The lowest BCUT2D eigenvalue weighted by molar-refractivity contribution is -0.117. The minimum absolute atomic E-state index is 0.0323. The van der Waals surface area contributed by atoms with Crippen molar-refractivity contribution in [3.05, 3.63) is 47.7 Å². The molecule has 2 rings (SSSR count). The molecule has 2 N–H and O–H groups in total. The van der Waals surface area contributed by atoms with Gasteiger partial charge in [0.05, 0.1) is 10.8 Å². The highest BCUT2D eigenvalue weighted by Crippen LogP contribution is 2.19. The molecule has 0 fully saturated rings. The molecule has 30 heavy (non-hydrogen) atoms. The molecule has 0 saturated heterocycles. The Morgan fingerprint density at radius 1 is 1.07 bits per heavy atom. The minimum atomic E-state index is -3.57. The number of anilines is 1. The SMILES string of the molecule is CCN(CC)S(=O)(=O)c1ccc(SCC(=O)NC(=O)Nc2ccc(C)c(C)c2)nc1. The van der Waals surface area contributed by atoms with Crippen molar-refractivity contribution in [1.82, 2.24) is 14.6 Å². The number of pyridine rings is 1. The lowest BCUT2D eigenvalue weighted by atomic mass is 10.1. The minimum Gasteiger partial charge on any atom is -0.308 e. The Kier molecular flexibility index (Phi) is 8.39. The van der Waals surface area contributed by atoms with E-state index in [1.54, 1.807) is 26.0 Å². The van der Waals surface area contributed by atoms with Crippen LogP contribution in [-0.4, -0.2) is 48.5 Å². The molecule has 0 aliphatic rings. The zero-order valence-electron chi connectivity index (χ0n) is 17.4. The average Bonchev–Trinajstić information content (AvgIpc) is 2.70. The van der Waals surface area contributed by atoms with Gasteiger partial charge in [-0.05, 0) is 49.2 Å². The van der Waals surface area contributed by atoms with Gasteiger partial charge in [0.25, 0.3) is 0 Å². The predicted molar refractivity (Wildman–Crippen MR) is 118 cm³/mol. The molecule has 162 valence electrons. The highest BCUT2D eigenvalue weighted by molar-refractivity contribution is 7.99. The van der Waals surface area contributed by atoms with E-state index >= 15 is 0 Å². The van der Waals surface area contributed by atoms with E-state index in [1.807, 2.05) is 26.0 Å². The van der Waals surface area contributed by atoms with Crippen LogP contribution < -0.4 is 10.6 Å². The lowest BCUT2D eigenvalue weighted by Crippen LogP contribution is -2.35. The molecule has 0 spiro atoms. The summed E-state index contributed by atoms with van der Waals surface area (Å²) in [5, 5.41) is 5.36. The molecule has 0 bridgehead atoms. The summed E-state index contributed by atoms with van der Waals surface area (Å²) in [5.41, 5.74) is 2.74. The molecule has 0 saturated carbocycles. The molecule has 3 amide bonds. The van der Waals surface area contributed by atoms with E-state index in [0.717, 1.165) is 22.9 Å². The van der Waals surface area contributed by atoms with Crippen molar-refractivity contribution in [2.45, 2.75) is 37.6 Å². The topological polar surface area (TPSA) is 108 Å². The van der Waals surface area contributed by atoms with Crippen molar-refractivity contribution < 1.29 is 18.0 Å². The van der Waals surface area contributed by atoms with Gasteiger partial charge in [0, 0.05) is 25.0 Å². The van der Waals surface area contributed by atoms with Gasteiger partial charge in [-0.25, -0.2) is 18.2 Å². The van der Waals surface area contributed by atoms with Gasteiger partial charge in [0.1, 0.15) is 4.90 Å². The number of hydrogen-bond donors (Lipinski definition) is 2. The molecule has 0 unspecified atom stereocenters. The molecule has 8 nitrogen and oxygen atoms in total. The van der Waals surface area contributed by atoms with Crippen LogP contribution in [0.1, 0.15) is 25.0 Å². The number of thioether (sulfide) groups is 1. The van der Waals surface area contributed by atoms with E-state index in [0.29, 0.717) is 23.8 Å². The van der Waals surface area contributed by atoms with E-state index in [1.165, 1.54) is 16.6 Å². The highest BCUT2D eigenvalue weighted by Gasteiger charge is 2.21. The first-order chi connectivity index (χ1) is 14.2. The third-order valence-electron chi connectivity index (χ3n) is 4.42. The van der Waals surface area contributed by atoms with Crippen LogP contribution in [0, 0.1) is 13.8 Å². The highest BCUT2D eigenvalue weighted by atomic mass is 32.2. The Bertz CT molecular complexity index is 1000. The fraction of sp³-hybridized carbons (Fsp3) is 0.350. The lowest BCUT2D eigenvalue weighted by Gasteiger charge is -2.18. The van der Waals surface area contributed by atoms with Crippen LogP contribution in [0.25, 0.3) is 0 Å². The van der Waals surface area contributed by atoms with Gasteiger partial charge in [-0.3, -0.25) is 10.1 Å². The van der Waals surface area contributed by atoms with Crippen molar-refractivity contribution in [3.8, 4) is 0 Å². The number of urea groups is 1. The van der Waals surface area contributed by atoms with Gasteiger partial charge >= 0.3 is 6.03 Å². The number of carbonyl (C=O) groups is 2. The Morgan fingerprint density at radius 2 is 1.77 bits per heavy atom. The number of nitrogens with zero attached hydrogens (tertiary/aromatic N) is 2. The van der Waals surface area contributed by atoms with Crippen LogP contribution in [0.15, 0.2) is 46.5 Å². The van der Waals surface area contributed by atoms with Crippen LogP contribution in [0.3, 0.4) is 0 Å². The first-order valence-corrected chi connectivity index (χ1v) is 11.9. The zero-order chi connectivity index (χ0) is 22.3. The maximum absolute atomic E-state index is 12.5. The maximum atomic E-state index is 12.5. The summed E-state index contributed by atoms with van der Waals surface area (Å²) in [6, 6.07) is 7.87. The van der Waals surface area contributed by atoms with E-state index in [4.69, 9.17) is 0 Å². The number of rotatable bonds is 8. The number of amides is 3. The second kappa shape index (κ2) is 10.6. The molecule has 1 aromatic carbocycles. The number of imide groups is 1. The third-order valence-corrected chi connectivity index (χ3v) is 7.40. The summed E-state index contributed by atoms with van der Waals surface area (Å²) < 4.78 is 26.3. The summed E-state index contributed by atoms with van der Waals surface area (Å²) in [6.07, 6.45) is 1.28. The van der Waals surface area contributed by atoms with Crippen molar-refractivity contribution in [1.29, 1.82) is 0 Å². The van der Waals surface area contributed by atoms with E-state index < -0.39 is 22.0 Å². The predicted octanol–water partition coefficient (Wildman–Crippen LogP) is 3.17. The van der Waals surface area contributed by atoms with Crippen LogP contribution in [0.2, 0.25) is 0 Å². The molecule has 1 aromatic heterocycles. The Morgan fingerprint density at radius 3 is 2.33 bits per heavy atom. The van der Waals surface area contributed by atoms with Crippen LogP contribution in [0.4, 0.5) is 10.5 Å². The number of nitrogens with one attached hydrogen (secondary N) is 2. The largest absolute Gasteiger partial charge is 0.325 e. The second-order valence-electron chi connectivity index (χ2n) is 6.51. The standard InChI is InChI=1S/C20H26N4O4S2/c1-5-24(6-2)30(27,28)17-9-10-19(21-12-17)29-13-18(25)23-20(26)22-16-8-7-14(3)15(4)11-16/h7-12H,5-6,13H2,1-4H3,(H2,22,23,25,26). The fourth-order valence-corrected chi connectivity index (χ4v) is 4.65. The van der Waals surface area contributed by atoms with Gasteiger partial charge in [-0.2, -0.15) is 4.31 Å². The quantitative estimate of drug-likeness (QED) is 0.598. The zero-order valence-corrected chi connectivity index (χ0v) is 19.1. The smallest absolute Gasteiger partial charge is 0.308 e. The molecule has 0 aliphatic heterocycles. The fourth-order valence-electron chi connectivity index (χ4n) is 2.60. The Hall–Kier alpha value is -2.43. The van der Waals surface area contributed by atoms with Crippen molar-refractivity contribution in [2.75, 3.05) is 24.2 Å². The number of aromatic nitrogens is 1. The van der Waals surface area contributed by atoms with Crippen molar-refractivity contribution in [3.63, 3.8) is 0 Å². The molecule has 10 heteroatoms. The summed E-state index contributed by atoms with van der Waals surface area (Å²) in [4.78, 5) is 28.2. The average molecular weight is 451 g/mol. The first-order valence-electron chi connectivity index (χ1n) is 9.44. The van der Waals surface area contributed by atoms with Gasteiger partial charge in [-0.1, -0.05) is 31.7 Å². The summed E-state index contributed by atoms with van der Waals surface area (Å²) in [6.45, 7) is 8.20. The van der Waals surface area contributed by atoms with Crippen LogP contribution >= 0.6 is 11.8 Å². The molecular weight excluding hydrogens is 424 g/mol. The van der Waals surface area contributed by atoms with Gasteiger partial charge in [0.15, 0.2) is 0 Å². The molecule has 0 atom stereocenters. The van der Waals surface area contributed by atoms with Crippen molar-refractivity contribution in [2.24, 2.45) is 0 Å². The number of carbonyl (C=O) groups excluding carboxylic acids is 2. The second-order valence-corrected chi connectivity index (χ2v) is 9.45.